The van der Waals surface area contributed by atoms with Crippen molar-refractivity contribution in [3.05, 3.63) is 12.7 Å². The van der Waals surface area contributed by atoms with Crippen molar-refractivity contribution in [2.45, 2.75) is 45.1 Å². The Balaban J connectivity index is 2.18. The van der Waals surface area contributed by atoms with Gasteiger partial charge in [-0.25, -0.2) is 0 Å². The molecule has 0 atom stereocenters. The minimum absolute atomic E-state index is 0.856. The maximum absolute atomic E-state index is 3.71. The number of nitrogens with zero attached hydrogens (tertiary/aromatic N) is 1. The SMILES string of the molecule is C=CCNCCN(CC)C1CCCCC1. The van der Waals surface area contributed by atoms with Crippen LogP contribution in [-0.2, 0) is 0 Å². The fourth-order valence-corrected chi connectivity index (χ4v) is 2.47. The maximum Gasteiger partial charge on any atom is 0.0132 e. The van der Waals surface area contributed by atoms with Crippen molar-refractivity contribution < 1.29 is 0 Å². The van der Waals surface area contributed by atoms with Gasteiger partial charge in [0.1, 0.15) is 0 Å². The fourth-order valence-electron chi connectivity index (χ4n) is 2.47. The molecule has 0 bridgehead atoms. The minimum Gasteiger partial charge on any atom is -0.312 e. The quantitative estimate of drug-likeness (QED) is 0.513. The van der Waals surface area contributed by atoms with E-state index < -0.39 is 0 Å². The average Bonchev–Trinajstić information content (AvgIpc) is 2.30. The summed E-state index contributed by atoms with van der Waals surface area (Å²) in [6, 6.07) is 0.856. The van der Waals surface area contributed by atoms with Gasteiger partial charge in [0, 0.05) is 25.7 Å². The van der Waals surface area contributed by atoms with E-state index in [9.17, 15) is 0 Å². The molecular formula is C13H26N2. The van der Waals surface area contributed by atoms with Crippen LogP contribution in [0.4, 0.5) is 0 Å². The number of hydrogen-bond donors (Lipinski definition) is 1. The Morgan fingerprint density at radius 2 is 2.07 bits per heavy atom. The molecule has 0 aromatic heterocycles. The molecule has 1 rings (SSSR count). The Labute approximate surface area is 94.7 Å². The monoisotopic (exact) mass is 210 g/mol. The summed E-state index contributed by atoms with van der Waals surface area (Å²) < 4.78 is 0. The molecule has 88 valence electrons. The van der Waals surface area contributed by atoms with Crippen LogP contribution in [0.25, 0.3) is 0 Å². The first-order valence-electron chi connectivity index (χ1n) is 6.44. The van der Waals surface area contributed by atoms with Gasteiger partial charge in [0.2, 0.25) is 0 Å². The molecule has 0 radical (unpaired) electrons. The van der Waals surface area contributed by atoms with Crippen molar-refractivity contribution in [3.8, 4) is 0 Å². The Morgan fingerprint density at radius 3 is 2.67 bits per heavy atom. The largest absolute Gasteiger partial charge is 0.312 e. The highest BCUT2D eigenvalue weighted by molar-refractivity contribution is 4.76. The van der Waals surface area contributed by atoms with Gasteiger partial charge in [0.15, 0.2) is 0 Å². The predicted octanol–water partition coefficient (Wildman–Crippen LogP) is 2.42. The fraction of sp³-hybridized carbons (Fsp3) is 0.846. The van der Waals surface area contributed by atoms with Crippen LogP contribution in [0, 0.1) is 0 Å². The summed E-state index contributed by atoms with van der Waals surface area (Å²) in [5.41, 5.74) is 0. The Morgan fingerprint density at radius 1 is 1.33 bits per heavy atom. The van der Waals surface area contributed by atoms with Gasteiger partial charge < -0.3 is 5.32 Å². The molecule has 2 heteroatoms. The van der Waals surface area contributed by atoms with Gasteiger partial charge in [-0.2, -0.15) is 0 Å². The van der Waals surface area contributed by atoms with Gasteiger partial charge in [-0.05, 0) is 19.4 Å². The van der Waals surface area contributed by atoms with E-state index in [0.717, 1.165) is 19.1 Å². The van der Waals surface area contributed by atoms with Crippen molar-refractivity contribution in [2.24, 2.45) is 0 Å². The van der Waals surface area contributed by atoms with Gasteiger partial charge in [0.05, 0.1) is 0 Å². The Hall–Kier alpha value is -0.340. The zero-order chi connectivity index (χ0) is 10.9. The van der Waals surface area contributed by atoms with E-state index in [1.54, 1.807) is 0 Å². The number of rotatable bonds is 7. The molecule has 0 aromatic carbocycles. The van der Waals surface area contributed by atoms with E-state index in [1.807, 2.05) is 6.08 Å². The predicted molar refractivity (Wildman–Crippen MR) is 67.2 cm³/mol. The smallest absolute Gasteiger partial charge is 0.0132 e. The van der Waals surface area contributed by atoms with Gasteiger partial charge in [0.25, 0.3) is 0 Å². The molecule has 0 saturated heterocycles. The van der Waals surface area contributed by atoms with Crippen molar-refractivity contribution in [3.63, 3.8) is 0 Å². The summed E-state index contributed by atoms with van der Waals surface area (Å²) >= 11 is 0. The third kappa shape index (κ3) is 4.80. The number of nitrogens with one attached hydrogen (secondary N) is 1. The van der Waals surface area contributed by atoms with Crippen LogP contribution >= 0.6 is 0 Å². The second-order valence-corrected chi connectivity index (χ2v) is 4.41. The normalized spacial score (nSPS) is 18.3. The van der Waals surface area contributed by atoms with Crippen molar-refractivity contribution in [1.82, 2.24) is 10.2 Å². The molecule has 1 aliphatic rings. The lowest BCUT2D eigenvalue weighted by Gasteiger charge is -2.33. The summed E-state index contributed by atoms with van der Waals surface area (Å²) in [4.78, 5) is 2.63. The second kappa shape index (κ2) is 7.89. The molecule has 2 nitrogen and oxygen atoms in total. The van der Waals surface area contributed by atoms with Crippen LogP contribution in [0.15, 0.2) is 12.7 Å². The lowest BCUT2D eigenvalue weighted by atomic mass is 9.94. The Bertz CT molecular complexity index is 162. The van der Waals surface area contributed by atoms with Crippen LogP contribution < -0.4 is 5.32 Å². The van der Waals surface area contributed by atoms with E-state index in [0.29, 0.717) is 0 Å². The molecule has 1 saturated carbocycles. The van der Waals surface area contributed by atoms with Crippen LogP contribution in [0.3, 0.4) is 0 Å². The summed E-state index contributed by atoms with van der Waals surface area (Å²) in [7, 11) is 0. The highest BCUT2D eigenvalue weighted by Gasteiger charge is 2.18. The first kappa shape index (κ1) is 12.7. The topological polar surface area (TPSA) is 15.3 Å². The molecule has 1 fully saturated rings. The summed E-state index contributed by atoms with van der Waals surface area (Å²) in [6.45, 7) is 10.4. The summed E-state index contributed by atoms with van der Waals surface area (Å²) in [5.74, 6) is 0. The van der Waals surface area contributed by atoms with E-state index in [1.165, 1.54) is 45.2 Å². The third-order valence-corrected chi connectivity index (χ3v) is 3.36. The van der Waals surface area contributed by atoms with Crippen LogP contribution in [0.2, 0.25) is 0 Å². The number of hydrogen-bond acceptors (Lipinski definition) is 2. The highest BCUT2D eigenvalue weighted by Crippen LogP contribution is 2.21. The van der Waals surface area contributed by atoms with Crippen LogP contribution in [0.5, 0.6) is 0 Å². The molecule has 1 N–H and O–H groups in total. The molecule has 0 amide bonds. The molecular weight excluding hydrogens is 184 g/mol. The lowest BCUT2D eigenvalue weighted by Crippen LogP contribution is -2.40. The molecule has 0 unspecified atom stereocenters. The molecule has 0 heterocycles. The second-order valence-electron chi connectivity index (χ2n) is 4.41. The van der Waals surface area contributed by atoms with Gasteiger partial charge >= 0.3 is 0 Å². The standard InChI is InChI=1S/C13H26N2/c1-3-10-14-11-12-15(4-2)13-8-6-5-7-9-13/h3,13-14H,1,4-12H2,2H3. The first-order chi connectivity index (χ1) is 7.38. The highest BCUT2D eigenvalue weighted by atomic mass is 15.2. The molecule has 0 aromatic rings. The van der Waals surface area contributed by atoms with Crippen molar-refractivity contribution >= 4 is 0 Å². The van der Waals surface area contributed by atoms with E-state index >= 15 is 0 Å². The van der Waals surface area contributed by atoms with Gasteiger partial charge in [-0.1, -0.05) is 32.3 Å². The summed E-state index contributed by atoms with van der Waals surface area (Å²) in [6.07, 6.45) is 9.06. The van der Waals surface area contributed by atoms with E-state index in [4.69, 9.17) is 0 Å². The van der Waals surface area contributed by atoms with Crippen molar-refractivity contribution in [1.29, 1.82) is 0 Å². The molecule has 1 aliphatic carbocycles. The average molecular weight is 210 g/mol. The van der Waals surface area contributed by atoms with Gasteiger partial charge in [-0.15, -0.1) is 6.58 Å². The molecule has 15 heavy (non-hydrogen) atoms. The van der Waals surface area contributed by atoms with Crippen molar-refractivity contribution in [2.75, 3.05) is 26.2 Å². The van der Waals surface area contributed by atoms with Gasteiger partial charge in [-0.3, -0.25) is 4.90 Å². The summed E-state index contributed by atoms with van der Waals surface area (Å²) in [5, 5.41) is 3.38. The zero-order valence-electron chi connectivity index (χ0n) is 10.2. The minimum atomic E-state index is 0.856. The maximum atomic E-state index is 3.71. The molecule has 0 spiro atoms. The van der Waals surface area contributed by atoms with E-state index in [2.05, 4.69) is 23.7 Å². The lowest BCUT2D eigenvalue weighted by molar-refractivity contribution is 0.165. The van der Waals surface area contributed by atoms with E-state index in [-0.39, 0.29) is 0 Å². The first-order valence-corrected chi connectivity index (χ1v) is 6.44. The molecule has 0 aliphatic heterocycles. The zero-order valence-corrected chi connectivity index (χ0v) is 10.2. The number of likely N-dealkylation sites (N-methyl/N-ethyl adjacent to an activating group) is 1. The van der Waals surface area contributed by atoms with Crippen LogP contribution in [0.1, 0.15) is 39.0 Å². The van der Waals surface area contributed by atoms with Crippen LogP contribution in [-0.4, -0.2) is 37.1 Å². The Kier molecular flexibility index (Phi) is 6.69. The third-order valence-electron chi connectivity index (χ3n) is 3.36.